The molecule has 2 N–H and O–H groups in total. The fourth-order valence-corrected chi connectivity index (χ4v) is 4.35. The number of carbonyl (C=O) groups is 1. The van der Waals surface area contributed by atoms with Crippen LogP contribution in [0.3, 0.4) is 0 Å². The Labute approximate surface area is 163 Å². The molecule has 0 aromatic heterocycles. The Morgan fingerprint density at radius 1 is 1.18 bits per heavy atom. The topological polar surface area (TPSA) is 120 Å². The highest BCUT2D eigenvalue weighted by atomic mass is 32.2. The second-order valence-corrected chi connectivity index (χ2v) is 8.28. The van der Waals surface area contributed by atoms with Crippen molar-refractivity contribution in [2.45, 2.75) is 23.8 Å². The van der Waals surface area contributed by atoms with Crippen LogP contribution in [-0.4, -0.2) is 42.9 Å². The SMILES string of the molecule is N#Cc1cccc(C(=O)NOC2CCN(S(=O)(=O)c3ccc(O)cc3)CC2)c1. The van der Waals surface area contributed by atoms with Crippen LogP contribution in [0.25, 0.3) is 0 Å². The third-order valence-corrected chi connectivity index (χ3v) is 6.36. The summed E-state index contributed by atoms with van der Waals surface area (Å²) in [5.74, 6) is -0.460. The lowest BCUT2D eigenvalue weighted by atomic mass is 10.1. The van der Waals surface area contributed by atoms with Crippen molar-refractivity contribution in [3.63, 3.8) is 0 Å². The summed E-state index contributed by atoms with van der Waals surface area (Å²) in [7, 11) is -3.64. The number of piperidine rings is 1. The van der Waals surface area contributed by atoms with Crippen LogP contribution in [-0.2, 0) is 14.9 Å². The Morgan fingerprint density at radius 2 is 1.86 bits per heavy atom. The van der Waals surface area contributed by atoms with Gasteiger partial charge in [-0.05, 0) is 55.3 Å². The van der Waals surface area contributed by atoms with Gasteiger partial charge in [0.2, 0.25) is 10.0 Å². The number of nitrogens with zero attached hydrogens (tertiary/aromatic N) is 2. The minimum absolute atomic E-state index is 0.00195. The van der Waals surface area contributed by atoms with Crippen molar-refractivity contribution in [2.24, 2.45) is 0 Å². The fraction of sp³-hybridized carbons (Fsp3) is 0.263. The van der Waals surface area contributed by atoms with Gasteiger partial charge in [-0.1, -0.05) is 6.07 Å². The number of hydrogen-bond donors (Lipinski definition) is 2. The Morgan fingerprint density at radius 3 is 2.50 bits per heavy atom. The minimum atomic E-state index is -3.64. The molecule has 2 aromatic carbocycles. The number of carbonyl (C=O) groups excluding carboxylic acids is 1. The van der Waals surface area contributed by atoms with E-state index in [2.05, 4.69) is 5.48 Å². The highest BCUT2D eigenvalue weighted by Crippen LogP contribution is 2.23. The van der Waals surface area contributed by atoms with Gasteiger partial charge in [-0.2, -0.15) is 9.57 Å². The van der Waals surface area contributed by atoms with Gasteiger partial charge in [0.1, 0.15) is 5.75 Å². The number of aromatic hydroxyl groups is 1. The molecule has 0 bridgehead atoms. The molecule has 2 aromatic rings. The van der Waals surface area contributed by atoms with Gasteiger partial charge in [0.25, 0.3) is 5.91 Å². The van der Waals surface area contributed by atoms with Crippen LogP contribution in [0, 0.1) is 11.3 Å². The van der Waals surface area contributed by atoms with E-state index in [1.54, 1.807) is 18.2 Å². The van der Waals surface area contributed by atoms with Crippen molar-refractivity contribution in [3.8, 4) is 11.8 Å². The van der Waals surface area contributed by atoms with Gasteiger partial charge >= 0.3 is 0 Å². The van der Waals surface area contributed by atoms with E-state index in [4.69, 9.17) is 10.1 Å². The molecule has 1 heterocycles. The third-order valence-electron chi connectivity index (χ3n) is 4.45. The predicted molar refractivity (Wildman–Crippen MR) is 99.6 cm³/mol. The zero-order valence-corrected chi connectivity index (χ0v) is 15.7. The monoisotopic (exact) mass is 401 g/mol. The number of benzene rings is 2. The quantitative estimate of drug-likeness (QED) is 0.737. The molecule has 28 heavy (non-hydrogen) atoms. The highest BCUT2D eigenvalue weighted by molar-refractivity contribution is 7.89. The standard InChI is InChI=1S/C19H19N3O5S/c20-13-14-2-1-3-15(12-14)19(24)21-27-17-8-10-22(11-9-17)28(25,26)18-6-4-16(23)5-7-18/h1-7,12,17,23H,8-11H2,(H,21,24). The van der Waals surface area contributed by atoms with E-state index in [0.29, 0.717) is 24.0 Å². The van der Waals surface area contributed by atoms with Gasteiger partial charge in [-0.3, -0.25) is 9.63 Å². The first-order valence-corrected chi connectivity index (χ1v) is 10.1. The Balaban J connectivity index is 1.53. The van der Waals surface area contributed by atoms with Crippen LogP contribution < -0.4 is 5.48 Å². The van der Waals surface area contributed by atoms with Crippen molar-refractivity contribution in [1.82, 2.24) is 9.79 Å². The molecule has 0 aliphatic carbocycles. The van der Waals surface area contributed by atoms with Crippen molar-refractivity contribution in [3.05, 3.63) is 59.7 Å². The predicted octanol–water partition coefficient (Wildman–Crippen LogP) is 1.78. The third kappa shape index (κ3) is 4.48. The average Bonchev–Trinajstić information content (AvgIpc) is 2.72. The van der Waals surface area contributed by atoms with Gasteiger partial charge < -0.3 is 5.11 Å². The number of amides is 1. The number of phenols is 1. The first-order valence-electron chi connectivity index (χ1n) is 8.65. The lowest BCUT2D eigenvalue weighted by Crippen LogP contribution is -2.42. The molecule has 0 saturated carbocycles. The molecular weight excluding hydrogens is 382 g/mol. The second kappa shape index (κ2) is 8.39. The van der Waals surface area contributed by atoms with Crippen LogP contribution in [0.5, 0.6) is 5.75 Å². The molecule has 1 fully saturated rings. The lowest BCUT2D eigenvalue weighted by molar-refractivity contribution is -0.0351. The largest absolute Gasteiger partial charge is 0.508 e. The highest BCUT2D eigenvalue weighted by Gasteiger charge is 2.30. The molecule has 1 saturated heterocycles. The molecular formula is C19H19N3O5S. The maximum atomic E-state index is 12.6. The van der Waals surface area contributed by atoms with E-state index in [1.165, 1.54) is 34.6 Å². The molecule has 1 amide bonds. The number of phenolic OH excluding ortho intramolecular Hbond substituents is 1. The maximum absolute atomic E-state index is 12.6. The number of nitrogens with one attached hydrogen (secondary N) is 1. The van der Waals surface area contributed by atoms with Gasteiger partial charge in [0.05, 0.1) is 22.6 Å². The van der Waals surface area contributed by atoms with E-state index in [9.17, 15) is 18.3 Å². The lowest BCUT2D eigenvalue weighted by Gasteiger charge is -2.30. The summed E-state index contributed by atoms with van der Waals surface area (Å²) < 4.78 is 26.6. The van der Waals surface area contributed by atoms with E-state index >= 15 is 0 Å². The molecule has 9 heteroatoms. The normalized spacial score (nSPS) is 15.7. The molecule has 0 atom stereocenters. The van der Waals surface area contributed by atoms with Gasteiger partial charge in [-0.15, -0.1) is 0 Å². The van der Waals surface area contributed by atoms with Gasteiger partial charge in [0.15, 0.2) is 0 Å². The zero-order chi connectivity index (χ0) is 20.1. The Hall–Kier alpha value is -2.93. The molecule has 0 radical (unpaired) electrons. The van der Waals surface area contributed by atoms with E-state index in [1.807, 2.05) is 6.07 Å². The van der Waals surface area contributed by atoms with E-state index < -0.39 is 15.9 Å². The maximum Gasteiger partial charge on any atom is 0.274 e. The Bertz CT molecular complexity index is 991. The van der Waals surface area contributed by atoms with Gasteiger partial charge in [-0.25, -0.2) is 13.9 Å². The number of nitriles is 1. The van der Waals surface area contributed by atoms with Crippen LogP contribution >= 0.6 is 0 Å². The first-order chi connectivity index (χ1) is 13.4. The van der Waals surface area contributed by atoms with Crippen molar-refractivity contribution < 1.29 is 23.2 Å². The molecule has 0 unspecified atom stereocenters. The molecule has 1 aliphatic heterocycles. The summed E-state index contributed by atoms with van der Waals surface area (Å²) in [6.45, 7) is 0.515. The van der Waals surface area contributed by atoms with Crippen molar-refractivity contribution >= 4 is 15.9 Å². The van der Waals surface area contributed by atoms with E-state index in [-0.39, 0.29) is 29.8 Å². The molecule has 146 valence electrons. The van der Waals surface area contributed by atoms with Crippen LogP contribution in [0.2, 0.25) is 0 Å². The number of sulfonamides is 1. The smallest absolute Gasteiger partial charge is 0.274 e. The summed E-state index contributed by atoms with van der Waals surface area (Å²) in [6, 6.07) is 13.6. The minimum Gasteiger partial charge on any atom is -0.508 e. The Kier molecular flexibility index (Phi) is 5.94. The van der Waals surface area contributed by atoms with Crippen LogP contribution in [0.15, 0.2) is 53.4 Å². The molecule has 8 nitrogen and oxygen atoms in total. The number of rotatable bonds is 5. The van der Waals surface area contributed by atoms with Crippen LogP contribution in [0.4, 0.5) is 0 Å². The molecule has 1 aliphatic rings. The van der Waals surface area contributed by atoms with Gasteiger partial charge in [0, 0.05) is 18.7 Å². The van der Waals surface area contributed by atoms with E-state index in [0.717, 1.165) is 0 Å². The zero-order valence-electron chi connectivity index (χ0n) is 14.9. The number of hydroxylamine groups is 1. The van der Waals surface area contributed by atoms with Crippen molar-refractivity contribution in [2.75, 3.05) is 13.1 Å². The van der Waals surface area contributed by atoms with Crippen LogP contribution in [0.1, 0.15) is 28.8 Å². The average molecular weight is 401 g/mol. The van der Waals surface area contributed by atoms with Crippen molar-refractivity contribution in [1.29, 1.82) is 5.26 Å². The first kappa shape index (κ1) is 19.8. The summed E-state index contributed by atoms with van der Waals surface area (Å²) >= 11 is 0. The summed E-state index contributed by atoms with van der Waals surface area (Å²) in [5.41, 5.74) is 3.05. The summed E-state index contributed by atoms with van der Waals surface area (Å²) in [6.07, 6.45) is 0.542. The summed E-state index contributed by atoms with van der Waals surface area (Å²) in [4.78, 5) is 17.7. The number of hydrogen-bond acceptors (Lipinski definition) is 6. The summed E-state index contributed by atoms with van der Waals surface area (Å²) in [5, 5.41) is 18.2. The molecule has 0 spiro atoms. The molecule has 3 rings (SSSR count). The fourth-order valence-electron chi connectivity index (χ4n) is 2.88. The second-order valence-electron chi connectivity index (χ2n) is 6.34.